The van der Waals surface area contributed by atoms with Gasteiger partial charge in [-0.2, -0.15) is 5.10 Å². The molecule has 1 amide bonds. The van der Waals surface area contributed by atoms with Crippen molar-refractivity contribution in [3.8, 4) is 16.3 Å². The van der Waals surface area contributed by atoms with Crippen molar-refractivity contribution in [3.05, 3.63) is 82.6 Å². The first-order valence-electron chi connectivity index (χ1n) is 9.12. The minimum Gasteiger partial charge on any atom is -0.322 e. The van der Waals surface area contributed by atoms with Crippen LogP contribution >= 0.6 is 11.3 Å². The lowest BCUT2D eigenvalue weighted by Crippen LogP contribution is -2.17. The Morgan fingerprint density at radius 3 is 2.52 bits per heavy atom. The minimum atomic E-state index is -1.61. The first kappa shape index (κ1) is 20.7. The maximum atomic E-state index is 14.9. The maximum Gasteiger partial charge on any atom is 0.261 e. The van der Waals surface area contributed by atoms with E-state index >= 15 is 0 Å². The van der Waals surface area contributed by atoms with Gasteiger partial charge in [-0.25, -0.2) is 27.2 Å². The summed E-state index contributed by atoms with van der Waals surface area (Å²) in [5.74, 6) is -6.11. The van der Waals surface area contributed by atoms with E-state index in [1.165, 1.54) is 23.5 Å². The van der Waals surface area contributed by atoms with Crippen molar-refractivity contribution in [2.24, 2.45) is 0 Å². The SMILES string of the molecule is CCc1nn(-c2nccs2)cc1-c1ccc(NC(=O)c2c(F)ccc(F)c2F)cc1F. The lowest BCUT2D eigenvalue weighted by Gasteiger charge is -2.09. The van der Waals surface area contributed by atoms with Gasteiger partial charge in [-0.15, -0.1) is 11.3 Å². The van der Waals surface area contributed by atoms with E-state index in [-0.39, 0.29) is 11.3 Å². The number of nitrogens with zero attached hydrogens (tertiary/aromatic N) is 3. The molecule has 1 N–H and O–H groups in total. The molecule has 0 bridgehead atoms. The van der Waals surface area contributed by atoms with Crippen LogP contribution in [-0.2, 0) is 6.42 Å². The molecule has 10 heteroatoms. The van der Waals surface area contributed by atoms with Gasteiger partial charge in [0.2, 0.25) is 5.13 Å². The predicted molar refractivity (Wildman–Crippen MR) is 108 cm³/mol. The van der Waals surface area contributed by atoms with Crippen LogP contribution in [0.3, 0.4) is 0 Å². The van der Waals surface area contributed by atoms with Gasteiger partial charge < -0.3 is 5.32 Å². The number of amides is 1. The maximum absolute atomic E-state index is 14.9. The fourth-order valence-corrected chi connectivity index (χ4v) is 3.63. The predicted octanol–water partition coefficient (Wildman–Crippen LogP) is 5.37. The molecular formula is C21H14F4N4OS. The van der Waals surface area contributed by atoms with Gasteiger partial charge in [0, 0.05) is 34.6 Å². The number of carbonyl (C=O) groups is 1. The van der Waals surface area contributed by atoms with Crippen LogP contribution in [0.25, 0.3) is 16.3 Å². The number of aromatic nitrogens is 3. The monoisotopic (exact) mass is 446 g/mol. The van der Waals surface area contributed by atoms with E-state index in [1.807, 2.05) is 6.92 Å². The van der Waals surface area contributed by atoms with Crippen LogP contribution in [0.5, 0.6) is 0 Å². The molecule has 0 aliphatic rings. The zero-order chi connectivity index (χ0) is 22.1. The first-order chi connectivity index (χ1) is 14.9. The summed E-state index contributed by atoms with van der Waals surface area (Å²) in [6, 6.07) is 5.04. The number of anilines is 1. The van der Waals surface area contributed by atoms with Gasteiger partial charge in [-0.1, -0.05) is 6.92 Å². The van der Waals surface area contributed by atoms with E-state index in [0.717, 1.165) is 6.07 Å². The first-order valence-corrected chi connectivity index (χ1v) is 10.00. The highest BCUT2D eigenvalue weighted by Crippen LogP contribution is 2.30. The Morgan fingerprint density at radius 2 is 1.84 bits per heavy atom. The Bertz CT molecular complexity index is 1270. The fourth-order valence-electron chi connectivity index (χ4n) is 3.06. The average molecular weight is 446 g/mol. The number of benzene rings is 2. The van der Waals surface area contributed by atoms with Crippen LogP contribution in [0, 0.1) is 23.3 Å². The van der Waals surface area contributed by atoms with Gasteiger partial charge >= 0.3 is 0 Å². The molecule has 0 radical (unpaired) electrons. The van der Waals surface area contributed by atoms with Gasteiger partial charge in [0.15, 0.2) is 11.6 Å². The molecule has 0 aliphatic heterocycles. The quantitative estimate of drug-likeness (QED) is 0.331. The number of hydrogen-bond acceptors (Lipinski definition) is 4. The molecule has 5 nitrogen and oxygen atoms in total. The molecule has 0 aliphatic carbocycles. The molecule has 2 heterocycles. The van der Waals surface area contributed by atoms with E-state index in [0.29, 0.717) is 34.9 Å². The van der Waals surface area contributed by atoms with Crippen LogP contribution in [0.1, 0.15) is 23.0 Å². The summed E-state index contributed by atoms with van der Waals surface area (Å²) in [5, 5.41) is 9.05. The van der Waals surface area contributed by atoms with Crippen LogP contribution in [0.15, 0.2) is 48.1 Å². The van der Waals surface area contributed by atoms with E-state index in [1.54, 1.807) is 22.5 Å². The Labute approximate surface area is 178 Å². The number of aryl methyl sites for hydroxylation is 1. The Kier molecular flexibility index (Phi) is 5.55. The number of nitrogens with one attached hydrogen (secondary N) is 1. The van der Waals surface area contributed by atoms with Crippen molar-refractivity contribution < 1.29 is 22.4 Å². The van der Waals surface area contributed by atoms with E-state index in [9.17, 15) is 22.4 Å². The van der Waals surface area contributed by atoms with Crippen molar-refractivity contribution in [3.63, 3.8) is 0 Å². The largest absolute Gasteiger partial charge is 0.322 e. The van der Waals surface area contributed by atoms with Gasteiger partial charge in [0.1, 0.15) is 17.2 Å². The Balaban J connectivity index is 1.64. The van der Waals surface area contributed by atoms with Crippen LogP contribution in [0.2, 0.25) is 0 Å². The highest BCUT2D eigenvalue weighted by atomic mass is 32.1. The molecule has 0 unspecified atom stereocenters. The lowest BCUT2D eigenvalue weighted by atomic mass is 10.0. The lowest BCUT2D eigenvalue weighted by molar-refractivity contribution is 0.101. The topological polar surface area (TPSA) is 59.8 Å². The minimum absolute atomic E-state index is 0.0420. The number of thiazole rings is 1. The van der Waals surface area contributed by atoms with Crippen LogP contribution in [0.4, 0.5) is 23.2 Å². The number of halogens is 4. The normalized spacial score (nSPS) is 11.0. The van der Waals surface area contributed by atoms with Crippen molar-refractivity contribution in [1.82, 2.24) is 14.8 Å². The average Bonchev–Trinajstić information content (AvgIpc) is 3.41. The second-order valence-electron chi connectivity index (χ2n) is 6.47. The standard InChI is InChI=1S/C21H14F4N4OS/c1-2-17-13(10-29(28-17)21-26-7-8-31-21)12-4-3-11(9-16(12)24)27-20(30)18-14(22)5-6-15(23)19(18)25/h3-10H,2H2,1H3,(H,27,30). The summed E-state index contributed by atoms with van der Waals surface area (Å²) >= 11 is 1.38. The summed E-state index contributed by atoms with van der Waals surface area (Å²) in [6.07, 6.45) is 3.84. The third-order valence-corrected chi connectivity index (χ3v) is 5.29. The molecule has 0 saturated heterocycles. The molecular weight excluding hydrogens is 432 g/mol. The smallest absolute Gasteiger partial charge is 0.261 e. The molecule has 2 aromatic heterocycles. The second-order valence-corrected chi connectivity index (χ2v) is 7.34. The molecule has 158 valence electrons. The second kappa shape index (κ2) is 8.31. The van der Waals surface area contributed by atoms with Crippen LogP contribution in [-0.4, -0.2) is 20.7 Å². The van der Waals surface area contributed by atoms with Crippen molar-refractivity contribution in [2.75, 3.05) is 5.32 Å². The van der Waals surface area contributed by atoms with E-state index in [2.05, 4.69) is 15.4 Å². The van der Waals surface area contributed by atoms with E-state index in [4.69, 9.17) is 0 Å². The van der Waals surface area contributed by atoms with Crippen molar-refractivity contribution in [1.29, 1.82) is 0 Å². The van der Waals surface area contributed by atoms with Crippen LogP contribution < -0.4 is 5.32 Å². The van der Waals surface area contributed by atoms with Gasteiger partial charge in [0.05, 0.1) is 5.69 Å². The fraction of sp³-hybridized carbons (Fsp3) is 0.0952. The molecule has 2 aromatic carbocycles. The number of carbonyl (C=O) groups excluding carboxylic acids is 1. The Morgan fingerprint density at radius 1 is 1.06 bits per heavy atom. The number of rotatable bonds is 5. The summed E-state index contributed by atoms with van der Waals surface area (Å²) in [4.78, 5) is 16.4. The van der Waals surface area contributed by atoms with Gasteiger partial charge in [-0.05, 0) is 36.8 Å². The molecule has 4 rings (SSSR count). The number of hydrogen-bond donors (Lipinski definition) is 1. The Hall–Kier alpha value is -3.53. The van der Waals surface area contributed by atoms with Crippen molar-refractivity contribution >= 4 is 22.9 Å². The third kappa shape index (κ3) is 3.93. The molecule has 4 aromatic rings. The highest BCUT2D eigenvalue weighted by molar-refractivity contribution is 7.12. The zero-order valence-electron chi connectivity index (χ0n) is 16.0. The van der Waals surface area contributed by atoms with Crippen molar-refractivity contribution in [2.45, 2.75) is 13.3 Å². The summed E-state index contributed by atoms with van der Waals surface area (Å²) in [7, 11) is 0. The molecule has 0 spiro atoms. The highest BCUT2D eigenvalue weighted by Gasteiger charge is 2.22. The molecule has 31 heavy (non-hydrogen) atoms. The molecule has 0 fully saturated rings. The van der Waals surface area contributed by atoms with Gasteiger partial charge in [-0.3, -0.25) is 4.79 Å². The molecule has 0 atom stereocenters. The summed E-state index contributed by atoms with van der Waals surface area (Å²) < 4.78 is 57.4. The summed E-state index contributed by atoms with van der Waals surface area (Å²) in [6.45, 7) is 1.88. The summed E-state index contributed by atoms with van der Waals surface area (Å²) in [5.41, 5.74) is 0.313. The molecule has 0 saturated carbocycles. The van der Waals surface area contributed by atoms with Gasteiger partial charge in [0.25, 0.3) is 5.91 Å². The van der Waals surface area contributed by atoms with E-state index < -0.39 is 34.7 Å². The third-order valence-electron chi connectivity index (χ3n) is 4.53. The zero-order valence-corrected chi connectivity index (χ0v) is 16.8.